The first-order chi connectivity index (χ1) is 10.4. The number of piperidine rings is 1. The summed E-state index contributed by atoms with van der Waals surface area (Å²) in [5.74, 6) is 0.322. The molecule has 0 aliphatic carbocycles. The van der Waals surface area contributed by atoms with Crippen molar-refractivity contribution in [3.63, 3.8) is 0 Å². The van der Waals surface area contributed by atoms with Crippen molar-refractivity contribution < 1.29 is 14.3 Å². The van der Waals surface area contributed by atoms with Gasteiger partial charge in [-0.15, -0.1) is 0 Å². The topological polar surface area (TPSA) is 72.6 Å². The Labute approximate surface area is 131 Å². The van der Waals surface area contributed by atoms with Crippen LogP contribution < -0.4 is 10.5 Å². The Balaban J connectivity index is 1.95. The molecule has 22 heavy (non-hydrogen) atoms. The molecule has 2 rings (SSSR count). The normalized spacial score (nSPS) is 17.1. The lowest BCUT2D eigenvalue weighted by atomic mass is 9.96. The first kappa shape index (κ1) is 16.3. The predicted molar refractivity (Wildman–Crippen MR) is 84.5 cm³/mol. The van der Waals surface area contributed by atoms with Crippen LogP contribution in [0.2, 0.25) is 0 Å². The quantitative estimate of drug-likeness (QED) is 0.922. The van der Waals surface area contributed by atoms with Gasteiger partial charge in [-0.05, 0) is 50.8 Å². The molecule has 1 heterocycles. The summed E-state index contributed by atoms with van der Waals surface area (Å²) in [5, 5.41) is 0. The third-order valence-electron chi connectivity index (χ3n) is 4.20. The molecule has 1 unspecified atom stereocenters. The molecule has 1 aliphatic rings. The van der Waals surface area contributed by atoms with E-state index in [-0.39, 0.29) is 17.7 Å². The molecule has 2 amide bonds. The van der Waals surface area contributed by atoms with Gasteiger partial charge in [-0.1, -0.05) is 12.1 Å². The maximum atomic E-state index is 12.5. The van der Waals surface area contributed by atoms with Gasteiger partial charge in [0.25, 0.3) is 5.91 Å². The van der Waals surface area contributed by atoms with Crippen molar-refractivity contribution in [2.24, 2.45) is 11.7 Å². The van der Waals surface area contributed by atoms with Crippen LogP contribution in [0.25, 0.3) is 0 Å². The van der Waals surface area contributed by atoms with E-state index in [1.54, 1.807) is 11.8 Å². The number of primary amides is 1. The molecule has 0 radical (unpaired) electrons. The van der Waals surface area contributed by atoms with Crippen molar-refractivity contribution in [1.29, 1.82) is 0 Å². The molecule has 0 spiro atoms. The Morgan fingerprint density at radius 1 is 1.27 bits per heavy atom. The average molecular weight is 304 g/mol. The number of hydrogen-bond donors (Lipinski definition) is 1. The first-order valence-electron chi connectivity index (χ1n) is 7.70. The van der Waals surface area contributed by atoms with Crippen LogP contribution in [0.3, 0.4) is 0 Å². The summed E-state index contributed by atoms with van der Waals surface area (Å²) in [6.45, 7) is 6.85. The Hall–Kier alpha value is -2.04. The Morgan fingerprint density at radius 3 is 2.50 bits per heavy atom. The van der Waals surface area contributed by atoms with Gasteiger partial charge >= 0.3 is 0 Å². The van der Waals surface area contributed by atoms with Crippen molar-refractivity contribution in [2.45, 2.75) is 39.7 Å². The minimum absolute atomic E-state index is 0.0381. The fraction of sp³-hybridized carbons (Fsp3) is 0.529. The van der Waals surface area contributed by atoms with Gasteiger partial charge in [0.2, 0.25) is 5.91 Å². The van der Waals surface area contributed by atoms with Crippen molar-refractivity contribution in [1.82, 2.24) is 4.90 Å². The largest absolute Gasteiger partial charge is 0.481 e. The van der Waals surface area contributed by atoms with Crippen LogP contribution in [0.15, 0.2) is 18.2 Å². The summed E-state index contributed by atoms with van der Waals surface area (Å²) in [5.41, 5.74) is 7.43. The van der Waals surface area contributed by atoms with Crippen LogP contribution in [0.1, 0.15) is 30.9 Å². The number of amides is 2. The van der Waals surface area contributed by atoms with E-state index >= 15 is 0 Å². The molecule has 5 nitrogen and oxygen atoms in total. The molecule has 0 aromatic heterocycles. The van der Waals surface area contributed by atoms with Crippen LogP contribution in [-0.4, -0.2) is 35.9 Å². The Bertz CT molecular complexity index is 563. The molecule has 1 aromatic rings. The zero-order valence-corrected chi connectivity index (χ0v) is 13.5. The number of benzene rings is 1. The van der Waals surface area contributed by atoms with Gasteiger partial charge in [-0.3, -0.25) is 9.59 Å². The van der Waals surface area contributed by atoms with E-state index in [1.807, 2.05) is 32.0 Å². The predicted octanol–water partition coefficient (Wildman–Crippen LogP) is 1.79. The van der Waals surface area contributed by atoms with Crippen molar-refractivity contribution in [3.05, 3.63) is 29.3 Å². The molecule has 120 valence electrons. The second-order valence-electron chi connectivity index (χ2n) is 6.03. The van der Waals surface area contributed by atoms with E-state index < -0.39 is 6.10 Å². The number of carbonyl (C=O) groups is 2. The maximum Gasteiger partial charge on any atom is 0.263 e. The van der Waals surface area contributed by atoms with Gasteiger partial charge in [-0.2, -0.15) is 0 Å². The number of likely N-dealkylation sites (tertiary alicyclic amines) is 1. The highest BCUT2D eigenvalue weighted by atomic mass is 16.5. The number of nitrogens with two attached hydrogens (primary N) is 1. The maximum absolute atomic E-state index is 12.5. The van der Waals surface area contributed by atoms with E-state index in [0.29, 0.717) is 25.9 Å². The van der Waals surface area contributed by atoms with Gasteiger partial charge in [0.05, 0.1) is 0 Å². The number of nitrogens with zero attached hydrogens (tertiary/aromatic N) is 1. The monoisotopic (exact) mass is 304 g/mol. The van der Waals surface area contributed by atoms with E-state index in [1.165, 1.54) is 0 Å². The summed E-state index contributed by atoms with van der Waals surface area (Å²) in [4.78, 5) is 25.4. The van der Waals surface area contributed by atoms with Crippen LogP contribution in [0, 0.1) is 19.8 Å². The molecule has 1 aromatic carbocycles. The number of aryl methyl sites for hydroxylation is 2. The van der Waals surface area contributed by atoms with E-state index in [4.69, 9.17) is 10.5 Å². The highest BCUT2D eigenvalue weighted by Gasteiger charge is 2.29. The summed E-state index contributed by atoms with van der Waals surface area (Å²) < 4.78 is 5.83. The lowest BCUT2D eigenvalue weighted by molar-refractivity contribution is -0.140. The summed E-state index contributed by atoms with van der Waals surface area (Å²) in [6, 6.07) is 5.95. The summed E-state index contributed by atoms with van der Waals surface area (Å²) in [7, 11) is 0. The molecule has 0 saturated carbocycles. The molecular weight excluding hydrogens is 280 g/mol. The third-order valence-corrected chi connectivity index (χ3v) is 4.20. The third kappa shape index (κ3) is 3.78. The van der Waals surface area contributed by atoms with Gasteiger partial charge in [-0.25, -0.2) is 0 Å². The number of rotatable bonds is 4. The lowest BCUT2D eigenvalue weighted by Crippen LogP contribution is -2.46. The zero-order chi connectivity index (χ0) is 16.3. The minimum Gasteiger partial charge on any atom is -0.481 e. The number of hydrogen-bond acceptors (Lipinski definition) is 3. The zero-order valence-electron chi connectivity index (χ0n) is 13.5. The first-order valence-corrected chi connectivity index (χ1v) is 7.70. The van der Waals surface area contributed by atoms with Gasteiger partial charge < -0.3 is 15.4 Å². The van der Waals surface area contributed by atoms with Crippen LogP contribution in [0.4, 0.5) is 0 Å². The van der Waals surface area contributed by atoms with E-state index in [0.717, 1.165) is 16.9 Å². The smallest absolute Gasteiger partial charge is 0.263 e. The summed E-state index contributed by atoms with van der Waals surface area (Å²) in [6.07, 6.45) is 0.736. The average Bonchev–Trinajstić information content (AvgIpc) is 2.50. The highest BCUT2D eigenvalue weighted by Crippen LogP contribution is 2.22. The van der Waals surface area contributed by atoms with Gasteiger partial charge in [0.15, 0.2) is 6.10 Å². The van der Waals surface area contributed by atoms with Crippen molar-refractivity contribution in [2.75, 3.05) is 13.1 Å². The minimum atomic E-state index is -0.536. The van der Waals surface area contributed by atoms with Crippen molar-refractivity contribution in [3.8, 4) is 5.75 Å². The molecule has 5 heteroatoms. The second kappa shape index (κ2) is 6.81. The fourth-order valence-corrected chi connectivity index (χ4v) is 2.72. The fourth-order valence-electron chi connectivity index (χ4n) is 2.72. The molecule has 1 atom stereocenters. The number of carbonyl (C=O) groups excluding carboxylic acids is 2. The lowest BCUT2D eigenvalue weighted by Gasteiger charge is -2.32. The van der Waals surface area contributed by atoms with Gasteiger partial charge in [0, 0.05) is 19.0 Å². The Morgan fingerprint density at radius 2 is 1.91 bits per heavy atom. The summed E-state index contributed by atoms with van der Waals surface area (Å²) >= 11 is 0. The van der Waals surface area contributed by atoms with Gasteiger partial charge in [0.1, 0.15) is 5.75 Å². The number of ether oxygens (including phenoxy) is 1. The van der Waals surface area contributed by atoms with E-state index in [9.17, 15) is 9.59 Å². The molecule has 2 N–H and O–H groups in total. The highest BCUT2D eigenvalue weighted by molar-refractivity contribution is 5.82. The van der Waals surface area contributed by atoms with E-state index in [2.05, 4.69) is 0 Å². The molecule has 0 bridgehead atoms. The molecule has 1 aliphatic heterocycles. The second-order valence-corrected chi connectivity index (χ2v) is 6.03. The molecule has 1 fully saturated rings. The molecular formula is C17H24N2O3. The molecule has 1 saturated heterocycles. The van der Waals surface area contributed by atoms with Crippen LogP contribution in [0.5, 0.6) is 5.75 Å². The SMILES string of the molecule is Cc1ccc(C)c(OC(C)C(=O)N2CCC(C(N)=O)CC2)c1. The Kier molecular flexibility index (Phi) is 5.06. The van der Waals surface area contributed by atoms with Crippen LogP contribution in [-0.2, 0) is 9.59 Å². The van der Waals surface area contributed by atoms with Crippen LogP contribution >= 0.6 is 0 Å². The van der Waals surface area contributed by atoms with Crippen molar-refractivity contribution >= 4 is 11.8 Å². The standard InChI is InChI=1S/C17H24N2O3/c1-11-4-5-12(2)15(10-11)22-13(3)17(21)19-8-6-14(7-9-19)16(18)20/h4-5,10,13-14H,6-9H2,1-3H3,(H2,18,20).